The Balaban J connectivity index is 1.40. The molecule has 0 saturated carbocycles. The Morgan fingerprint density at radius 2 is 2.07 bits per heavy atom. The van der Waals surface area contributed by atoms with Crippen molar-refractivity contribution in [3.63, 3.8) is 0 Å². The Morgan fingerprint density at radius 1 is 1.21 bits per heavy atom. The number of carbonyl (C=O) groups is 1. The van der Waals surface area contributed by atoms with Crippen molar-refractivity contribution in [3.8, 4) is 0 Å². The van der Waals surface area contributed by atoms with Crippen LogP contribution in [0.25, 0.3) is 5.78 Å². The van der Waals surface area contributed by atoms with E-state index in [-0.39, 0.29) is 23.3 Å². The summed E-state index contributed by atoms with van der Waals surface area (Å²) in [5.74, 6) is 0.139. The SMILES string of the molecule is O=C(c1cc2c(s1)CCCC2)N1CCC[C@H](c2cc(C(F)F)n3ncnc3n2)C1. The third kappa shape index (κ3) is 3.41. The van der Waals surface area contributed by atoms with Gasteiger partial charge >= 0.3 is 0 Å². The number of aryl methyl sites for hydroxylation is 2. The summed E-state index contributed by atoms with van der Waals surface area (Å²) < 4.78 is 28.0. The zero-order valence-corrected chi connectivity index (χ0v) is 16.7. The fourth-order valence-corrected chi connectivity index (χ4v) is 5.60. The first kappa shape index (κ1) is 18.6. The van der Waals surface area contributed by atoms with Gasteiger partial charge in [-0.05, 0) is 56.2 Å². The fourth-order valence-electron chi connectivity index (χ4n) is 4.37. The van der Waals surface area contributed by atoms with E-state index in [2.05, 4.69) is 21.1 Å². The molecule has 6 nitrogen and oxygen atoms in total. The van der Waals surface area contributed by atoms with Gasteiger partial charge in [-0.2, -0.15) is 14.6 Å². The number of piperidine rings is 1. The summed E-state index contributed by atoms with van der Waals surface area (Å²) in [6, 6.07) is 3.47. The van der Waals surface area contributed by atoms with E-state index in [1.807, 2.05) is 4.90 Å². The molecular weight excluding hydrogens is 396 g/mol. The number of carbonyl (C=O) groups excluding carboxylic acids is 1. The number of hydrogen-bond acceptors (Lipinski definition) is 5. The Labute approximate surface area is 170 Å². The molecule has 29 heavy (non-hydrogen) atoms. The van der Waals surface area contributed by atoms with Crippen LogP contribution in [0.3, 0.4) is 0 Å². The van der Waals surface area contributed by atoms with Crippen molar-refractivity contribution in [1.82, 2.24) is 24.5 Å². The molecule has 0 radical (unpaired) electrons. The average molecular weight is 417 g/mol. The van der Waals surface area contributed by atoms with Crippen LogP contribution >= 0.6 is 11.3 Å². The van der Waals surface area contributed by atoms with Gasteiger partial charge in [0.2, 0.25) is 0 Å². The highest BCUT2D eigenvalue weighted by Crippen LogP contribution is 2.33. The van der Waals surface area contributed by atoms with E-state index in [0.29, 0.717) is 18.8 Å². The van der Waals surface area contributed by atoms with Crippen LogP contribution in [0, 0.1) is 0 Å². The minimum Gasteiger partial charge on any atom is -0.337 e. The number of hydrogen-bond donors (Lipinski definition) is 0. The second-order valence-corrected chi connectivity index (χ2v) is 8.87. The van der Waals surface area contributed by atoms with Crippen molar-refractivity contribution in [2.24, 2.45) is 0 Å². The van der Waals surface area contributed by atoms with E-state index in [1.54, 1.807) is 11.3 Å². The number of fused-ring (bicyclic) bond motifs is 2. The van der Waals surface area contributed by atoms with Crippen molar-refractivity contribution in [2.45, 2.75) is 50.9 Å². The molecule has 1 amide bonds. The van der Waals surface area contributed by atoms with Crippen molar-refractivity contribution in [1.29, 1.82) is 0 Å². The second kappa shape index (κ2) is 7.44. The maximum Gasteiger partial charge on any atom is 0.280 e. The molecule has 152 valence electrons. The smallest absolute Gasteiger partial charge is 0.280 e. The Kier molecular flexibility index (Phi) is 4.77. The maximum absolute atomic E-state index is 13.5. The number of amides is 1. The van der Waals surface area contributed by atoms with Gasteiger partial charge in [-0.15, -0.1) is 11.3 Å². The van der Waals surface area contributed by atoms with E-state index in [1.165, 1.54) is 35.7 Å². The Hall–Kier alpha value is -2.42. The number of nitrogens with zero attached hydrogens (tertiary/aromatic N) is 5. The number of alkyl halides is 2. The lowest BCUT2D eigenvalue weighted by atomic mass is 9.94. The Morgan fingerprint density at radius 3 is 2.90 bits per heavy atom. The van der Waals surface area contributed by atoms with Gasteiger partial charge in [-0.25, -0.2) is 13.8 Å². The summed E-state index contributed by atoms with van der Waals surface area (Å²) in [5, 5.41) is 3.84. The van der Waals surface area contributed by atoms with E-state index in [4.69, 9.17) is 0 Å². The topological polar surface area (TPSA) is 63.4 Å². The minimum absolute atomic E-state index is 0.0479. The van der Waals surface area contributed by atoms with Gasteiger partial charge in [-0.1, -0.05) is 0 Å². The van der Waals surface area contributed by atoms with Crippen LogP contribution in [-0.4, -0.2) is 43.5 Å². The lowest BCUT2D eigenvalue weighted by Gasteiger charge is -2.32. The van der Waals surface area contributed by atoms with Gasteiger partial charge in [0, 0.05) is 23.9 Å². The van der Waals surface area contributed by atoms with E-state index < -0.39 is 6.43 Å². The van der Waals surface area contributed by atoms with Crippen LogP contribution in [-0.2, 0) is 12.8 Å². The molecule has 9 heteroatoms. The van der Waals surface area contributed by atoms with Gasteiger partial charge in [-0.3, -0.25) is 4.79 Å². The summed E-state index contributed by atoms with van der Waals surface area (Å²) >= 11 is 1.62. The molecule has 3 aromatic heterocycles. The van der Waals surface area contributed by atoms with Gasteiger partial charge in [0.25, 0.3) is 18.1 Å². The van der Waals surface area contributed by atoms with Crippen molar-refractivity contribution < 1.29 is 13.6 Å². The molecule has 1 saturated heterocycles. The lowest BCUT2D eigenvalue weighted by molar-refractivity contribution is 0.0710. The highest BCUT2D eigenvalue weighted by molar-refractivity contribution is 7.14. The van der Waals surface area contributed by atoms with Crippen LogP contribution in [0.15, 0.2) is 18.5 Å². The predicted molar refractivity (Wildman–Crippen MR) is 105 cm³/mol. The van der Waals surface area contributed by atoms with Gasteiger partial charge < -0.3 is 4.90 Å². The molecule has 5 rings (SSSR count). The summed E-state index contributed by atoms with van der Waals surface area (Å²) in [4.78, 5) is 25.5. The summed E-state index contributed by atoms with van der Waals surface area (Å²) in [7, 11) is 0. The number of halogens is 2. The largest absolute Gasteiger partial charge is 0.337 e. The number of thiophene rings is 1. The van der Waals surface area contributed by atoms with Crippen molar-refractivity contribution in [3.05, 3.63) is 45.2 Å². The molecule has 0 unspecified atom stereocenters. The van der Waals surface area contributed by atoms with Gasteiger partial charge in [0.05, 0.1) is 10.6 Å². The molecule has 0 bridgehead atoms. The van der Waals surface area contributed by atoms with Gasteiger partial charge in [0.15, 0.2) is 0 Å². The number of likely N-dealkylation sites (tertiary alicyclic amines) is 1. The summed E-state index contributed by atoms with van der Waals surface area (Å²) in [5.41, 5.74) is 1.67. The first-order chi connectivity index (χ1) is 14.1. The van der Waals surface area contributed by atoms with Crippen molar-refractivity contribution >= 4 is 23.0 Å². The first-order valence-corrected chi connectivity index (χ1v) is 10.8. The second-order valence-electron chi connectivity index (χ2n) is 7.73. The predicted octanol–water partition coefficient (Wildman–Crippen LogP) is 4.02. The molecule has 1 atom stereocenters. The number of aromatic nitrogens is 4. The normalized spacial score (nSPS) is 19.7. The average Bonchev–Trinajstić information content (AvgIpc) is 3.39. The molecule has 2 aliphatic rings. The summed E-state index contributed by atoms with van der Waals surface area (Å²) in [6.45, 7) is 1.17. The Bertz CT molecular complexity index is 1040. The standard InChI is InChI=1S/C20H21F2N5OS/c21-18(22)15-9-14(25-20-23-11-24-27(15)20)13-5-3-7-26(10-13)19(28)17-8-12-4-1-2-6-16(12)29-17/h8-9,11,13,18H,1-7,10H2/t13-/m0/s1. The molecule has 0 aromatic carbocycles. The maximum atomic E-state index is 13.5. The zero-order chi connectivity index (χ0) is 20.0. The monoisotopic (exact) mass is 417 g/mol. The molecule has 4 heterocycles. The third-order valence-corrected chi connectivity index (χ3v) is 7.08. The van der Waals surface area contributed by atoms with Crippen LogP contribution in [0.1, 0.15) is 69.5 Å². The molecule has 1 aliphatic carbocycles. The molecule has 1 aliphatic heterocycles. The zero-order valence-electron chi connectivity index (χ0n) is 15.9. The summed E-state index contributed by atoms with van der Waals surface area (Å²) in [6.07, 6.45) is 4.69. The molecular formula is C20H21F2N5OS. The van der Waals surface area contributed by atoms with Crippen LogP contribution < -0.4 is 0 Å². The fraction of sp³-hybridized carbons (Fsp3) is 0.500. The third-order valence-electron chi connectivity index (χ3n) is 5.86. The first-order valence-electron chi connectivity index (χ1n) is 9.99. The van der Waals surface area contributed by atoms with Crippen LogP contribution in [0.4, 0.5) is 8.78 Å². The molecule has 3 aromatic rings. The van der Waals surface area contributed by atoms with E-state index >= 15 is 0 Å². The number of rotatable bonds is 3. The van der Waals surface area contributed by atoms with Crippen LogP contribution in [0.5, 0.6) is 0 Å². The van der Waals surface area contributed by atoms with E-state index in [9.17, 15) is 13.6 Å². The lowest BCUT2D eigenvalue weighted by Crippen LogP contribution is -2.39. The molecule has 0 spiro atoms. The minimum atomic E-state index is -2.67. The highest BCUT2D eigenvalue weighted by Gasteiger charge is 2.29. The quantitative estimate of drug-likeness (QED) is 0.646. The van der Waals surface area contributed by atoms with Crippen LogP contribution in [0.2, 0.25) is 0 Å². The van der Waals surface area contributed by atoms with Crippen molar-refractivity contribution in [2.75, 3.05) is 13.1 Å². The van der Waals surface area contributed by atoms with E-state index in [0.717, 1.165) is 35.1 Å². The van der Waals surface area contributed by atoms with Gasteiger partial charge in [0.1, 0.15) is 12.0 Å². The molecule has 0 N–H and O–H groups in total. The molecule has 1 fully saturated rings. The highest BCUT2D eigenvalue weighted by atomic mass is 32.1.